The minimum absolute atomic E-state index is 0.0143. The Morgan fingerprint density at radius 2 is 1.66 bits per heavy atom. The summed E-state index contributed by atoms with van der Waals surface area (Å²) in [7, 11) is -9.78. The van der Waals surface area contributed by atoms with E-state index in [1.54, 1.807) is 31.2 Å². The van der Waals surface area contributed by atoms with Crippen LogP contribution >= 0.6 is 11.6 Å². The number of allylic oxidation sites excluding steroid dienone is 1. The van der Waals surface area contributed by atoms with Crippen molar-refractivity contribution in [1.29, 1.82) is 0 Å². The molecule has 0 spiro atoms. The zero-order chi connectivity index (χ0) is 34.3. The molecule has 20 heteroatoms. The van der Waals surface area contributed by atoms with Crippen molar-refractivity contribution in [2.45, 2.75) is 16.7 Å². The zero-order valence-corrected chi connectivity index (χ0v) is 25.9. The first-order valence-electron chi connectivity index (χ1n) is 12.8. The lowest BCUT2D eigenvalue weighted by atomic mass is 9.92. The third kappa shape index (κ3) is 7.13. The number of azo groups is 1. The lowest BCUT2D eigenvalue weighted by molar-refractivity contribution is 0.106. The summed E-state index contributed by atoms with van der Waals surface area (Å²) in [5.41, 5.74) is 7.62. The Labute approximate surface area is 269 Å². The van der Waals surface area contributed by atoms with Crippen LogP contribution in [0.2, 0.25) is 5.02 Å². The van der Waals surface area contributed by atoms with E-state index in [0.29, 0.717) is 5.69 Å². The number of carbonyl (C=O) groups excluding carboxylic acids is 1. The van der Waals surface area contributed by atoms with Gasteiger partial charge in [0.05, 0.1) is 22.6 Å². The molecular formula is C27H19ClF2N8O7S2. The molecule has 0 amide bonds. The van der Waals surface area contributed by atoms with E-state index in [1.807, 2.05) is 0 Å². The minimum Gasteiger partial charge on any atom is -0.396 e. The molecule has 4 aromatic rings. The number of anilines is 4. The molecule has 0 bridgehead atoms. The standard InChI is InChI=1S/C27H19ClF2N8O7S2/c1-12-3-2-4-15(9-12)35-38-23-19(47(43,44)45)10-13-5-7-16(24(39)20(13)22(23)31)36-37-17-11-14(6-8-18(17)46(40,41)42)32-26-21(28)25(29)33-27(30)34-26/h2-11,37H,31H2,1H3,(H,32,33,34)(H,40,41,42)(H,43,44,45)/b36-16-,38-35+. The first-order valence-corrected chi connectivity index (χ1v) is 16.0. The van der Waals surface area contributed by atoms with Crippen molar-refractivity contribution < 1.29 is 39.5 Å². The summed E-state index contributed by atoms with van der Waals surface area (Å²) >= 11 is 5.78. The van der Waals surface area contributed by atoms with E-state index in [1.165, 1.54) is 6.08 Å². The van der Waals surface area contributed by atoms with Crippen molar-refractivity contribution in [3.63, 3.8) is 0 Å². The van der Waals surface area contributed by atoms with E-state index < -0.39 is 75.7 Å². The molecule has 1 aromatic heterocycles. The van der Waals surface area contributed by atoms with Crippen molar-refractivity contribution >= 4 is 83.7 Å². The molecule has 47 heavy (non-hydrogen) atoms. The van der Waals surface area contributed by atoms with Crippen molar-refractivity contribution in [2.24, 2.45) is 15.3 Å². The summed E-state index contributed by atoms with van der Waals surface area (Å²) < 4.78 is 95.4. The van der Waals surface area contributed by atoms with Crippen LogP contribution in [0.5, 0.6) is 0 Å². The third-order valence-corrected chi connectivity index (χ3v) is 8.47. The van der Waals surface area contributed by atoms with Gasteiger partial charge in [-0.15, -0.1) is 5.11 Å². The maximum absolute atomic E-state index is 13.8. The number of Topliss-reactive ketones (excluding diaryl/α,β-unsaturated/α-hetero) is 1. The van der Waals surface area contributed by atoms with Gasteiger partial charge in [0.2, 0.25) is 11.7 Å². The van der Waals surface area contributed by atoms with Gasteiger partial charge in [0.15, 0.2) is 5.82 Å². The molecule has 0 fully saturated rings. The predicted octanol–water partition coefficient (Wildman–Crippen LogP) is 5.63. The molecule has 1 aliphatic carbocycles. The number of nitrogen functional groups attached to an aromatic ring is 1. The minimum atomic E-state index is -4.90. The third-order valence-electron chi connectivity index (χ3n) is 6.36. The number of ketones is 1. The second-order valence-corrected chi connectivity index (χ2v) is 12.8. The summed E-state index contributed by atoms with van der Waals surface area (Å²) in [5, 5.41) is 13.6. The molecule has 0 radical (unpaired) electrons. The first-order chi connectivity index (χ1) is 22.0. The molecule has 0 saturated heterocycles. The molecule has 3 aromatic carbocycles. The summed E-state index contributed by atoms with van der Waals surface area (Å²) in [4.78, 5) is 18.3. The van der Waals surface area contributed by atoms with Crippen LogP contribution in [-0.4, -0.2) is 47.4 Å². The Kier molecular flexibility index (Phi) is 8.84. The molecule has 242 valence electrons. The zero-order valence-electron chi connectivity index (χ0n) is 23.5. The van der Waals surface area contributed by atoms with Crippen LogP contribution in [0.1, 0.15) is 21.5 Å². The number of carbonyl (C=O) groups is 1. The van der Waals surface area contributed by atoms with Crippen LogP contribution in [0.3, 0.4) is 0 Å². The largest absolute Gasteiger partial charge is 0.396 e. The van der Waals surface area contributed by atoms with Crippen LogP contribution < -0.4 is 16.5 Å². The summed E-state index contributed by atoms with van der Waals surface area (Å²) in [5.74, 6) is -2.75. The van der Waals surface area contributed by atoms with E-state index in [0.717, 1.165) is 35.9 Å². The van der Waals surface area contributed by atoms with Gasteiger partial charge in [0.25, 0.3) is 20.2 Å². The van der Waals surface area contributed by atoms with Crippen LogP contribution in [-0.2, 0) is 20.2 Å². The Bertz CT molecular complexity index is 2300. The number of hydrogen-bond acceptors (Lipinski definition) is 13. The van der Waals surface area contributed by atoms with Gasteiger partial charge in [-0.2, -0.15) is 45.8 Å². The fourth-order valence-corrected chi connectivity index (χ4v) is 5.71. The van der Waals surface area contributed by atoms with Crippen LogP contribution in [0.15, 0.2) is 79.7 Å². The molecule has 6 N–H and O–H groups in total. The summed E-state index contributed by atoms with van der Waals surface area (Å²) in [6.45, 7) is 1.79. The molecule has 0 saturated carbocycles. The van der Waals surface area contributed by atoms with Gasteiger partial charge >= 0.3 is 6.08 Å². The number of halogens is 3. The maximum atomic E-state index is 13.8. The van der Waals surface area contributed by atoms with Gasteiger partial charge in [0, 0.05) is 5.69 Å². The molecule has 0 aliphatic heterocycles. The van der Waals surface area contributed by atoms with Crippen molar-refractivity contribution in [2.75, 3.05) is 16.5 Å². The van der Waals surface area contributed by atoms with Crippen LogP contribution in [0.25, 0.3) is 6.08 Å². The summed E-state index contributed by atoms with van der Waals surface area (Å²) in [6, 6.07) is 10.7. The Morgan fingerprint density at radius 1 is 0.936 bits per heavy atom. The van der Waals surface area contributed by atoms with E-state index >= 15 is 0 Å². The number of nitrogens with one attached hydrogen (secondary N) is 2. The Morgan fingerprint density at radius 3 is 2.34 bits per heavy atom. The number of nitrogens with two attached hydrogens (primary N) is 1. The van der Waals surface area contributed by atoms with Crippen molar-refractivity contribution in [3.8, 4) is 0 Å². The van der Waals surface area contributed by atoms with E-state index in [-0.39, 0.29) is 22.5 Å². The molecule has 0 unspecified atom stereocenters. The average molecular weight is 705 g/mol. The highest BCUT2D eigenvalue weighted by Crippen LogP contribution is 2.39. The van der Waals surface area contributed by atoms with Gasteiger partial charge in [-0.3, -0.25) is 19.3 Å². The highest BCUT2D eigenvalue weighted by molar-refractivity contribution is 7.86. The molecule has 1 aliphatic rings. The number of nitrogens with zero attached hydrogens (tertiary/aromatic N) is 5. The number of aromatic nitrogens is 2. The number of fused-ring (bicyclic) bond motifs is 1. The number of hydrazone groups is 1. The quantitative estimate of drug-likeness (QED) is 0.0374. The second-order valence-electron chi connectivity index (χ2n) is 9.64. The predicted molar refractivity (Wildman–Crippen MR) is 167 cm³/mol. The maximum Gasteiger partial charge on any atom is 0.313 e. The smallest absolute Gasteiger partial charge is 0.313 e. The molecule has 5 rings (SSSR count). The first kappa shape index (κ1) is 33.2. The average Bonchev–Trinajstić information content (AvgIpc) is 2.97. The van der Waals surface area contributed by atoms with E-state index in [2.05, 4.69) is 36.0 Å². The molecule has 1 heterocycles. The highest BCUT2D eigenvalue weighted by atomic mass is 35.5. The SMILES string of the molecule is Cc1cccc(/N=N/c2c(S(=O)(=O)O)cc3c(c2N)C(=O)/C(=N\Nc2cc(Nc4nc(F)nc(F)c4Cl)ccc2S(=O)(=O)O)C=C3)c1. The molecule has 0 atom stereocenters. The lowest BCUT2D eigenvalue weighted by Gasteiger charge is -2.17. The fraction of sp³-hybridized carbons (Fsp3) is 0.0370. The normalized spacial score (nSPS) is 14.1. The molecular weight excluding hydrogens is 686 g/mol. The van der Waals surface area contributed by atoms with Gasteiger partial charge in [0.1, 0.15) is 26.2 Å². The van der Waals surface area contributed by atoms with E-state index in [9.17, 15) is 39.5 Å². The lowest BCUT2D eigenvalue weighted by Crippen LogP contribution is -2.21. The second kappa shape index (κ2) is 12.5. The highest BCUT2D eigenvalue weighted by Gasteiger charge is 2.30. The van der Waals surface area contributed by atoms with Gasteiger partial charge in [-0.05, 0) is 60.5 Å². The fourth-order valence-electron chi connectivity index (χ4n) is 4.29. The van der Waals surface area contributed by atoms with Gasteiger partial charge < -0.3 is 11.1 Å². The van der Waals surface area contributed by atoms with Crippen molar-refractivity contribution in [3.05, 3.63) is 88.3 Å². The van der Waals surface area contributed by atoms with Crippen LogP contribution in [0.4, 0.5) is 43.0 Å². The monoisotopic (exact) mass is 704 g/mol. The van der Waals surface area contributed by atoms with Crippen LogP contribution in [0, 0.1) is 18.9 Å². The van der Waals surface area contributed by atoms with Gasteiger partial charge in [-0.25, -0.2) is 0 Å². The number of rotatable bonds is 8. The van der Waals surface area contributed by atoms with Gasteiger partial charge in [-0.1, -0.05) is 29.8 Å². The number of aryl methyl sites for hydroxylation is 1. The molecule has 15 nitrogen and oxygen atoms in total. The number of hydrogen-bond donors (Lipinski definition) is 5. The number of benzene rings is 3. The topological polar surface area (TPSA) is 239 Å². The Hall–Kier alpha value is -5.21. The van der Waals surface area contributed by atoms with E-state index in [4.69, 9.17) is 17.3 Å². The Balaban J connectivity index is 1.53. The van der Waals surface area contributed by atoms with Crippen molar-refractivity contribution in [1.82, 2.24) is 9.97 Å². The summed E-state index contributed by atoms with van der Waals surface area (Å²) in [6.07, 6.45) is 0.950.